The number of rotatable bonds is 5. The molecule has 8 nitrogen and oxygen atoms in total. The molecule has 4 amide bonds. The first-order valence-electron chi connectivity index (χ1n) is 10.5. The highest BCUT2D eigenvalue weighted by atomic mass is 35.5. The molecular formula is C23H20Cl2N4O4. The normalized spacial score (nSPS) is 27.8. The Balaban J connectivity index is 1.60. The molecule has 2 saturated heterocycles. The van der Waals surface area contributed by atoms with E-state index in [4.69, 9.17) is 28.9 Å². The van der Waals surface area contributed by atoms with Crippen molar-refractivity contribution >= 4 is 52.5 Å². The number of hydrogen-bond acceptors (Lipinski definition) is 5. The van der Waals surface area contributed by atoms with Crippen LogP contribution in [0.15, 0.2) is 42.5 Å². The smallest absolute Gasteiger partial charge is 0.250 e. The fourth-order valence-corrected chi connectivity index (χ4v) is 5.77. The predicted octanol–water partition coefficient (Wildman–Crippen LogP) is 2.18. The zero-order valence-electron chi connectivity index (χ0n) is 17.3. The van der Waals surface area contributed by atoms with Crippen molar-refractivity contribution in [2.24, 2.45) is 17.6 Å². The van der Waals surface area contributed by atoms with E-state index in [0.717, 1.165) is 4.90 Å². The Bertz CT molecular complexity index is 1220. The van der Waals surface area contributed by atoms with Crippen molar-refractivity contribution in [2.75, 3.05) is 5.32 Å². The van der Waals surface area contributed by atoms with Crippen LogP contribution in [0.25, 0.3) is 0 Å². The van der Waals surface area contributed by atoms with Gasteiger partial charge in [0, 0.05) is 23.0 Å². The van der Waals surface area contributed by atoms with Crippen LogP contribution in [0.3, 0.4) is 0 Å². The number of fused-ring (bicyclic) bond motifs is 4. The Morgan fingerprint density at radius 3 is 2.48 bits per heavy atom. The monoisotopic (exact) mass is 486 g/mol. The molecule has 3 heterocycles. The second kappa shape index (κ2) is 7.83. The second-order valence-electron chi connectivity index (χ2n) is 8.54. The number of nitrogens with two attached hydrogens (primary N) is 1. The van der Waals surface area contributed by atoms with Gasteiger partial charge >= 0.3 is 0 Å². The van der Waals surface area contributed by atoms with Gasteiger partial charge in [-0.05, 0) is 24.1 Å². The van der Waals surface area contributed by atoms with E-state index < -0.39 is 47.0 Å². The van der Waals surface area contributed by atoms with Gasteiger partial charge in [-0.3, -0.25) is 29.4 Å². The minimum atomic E-state index is -1.48. The van der Waals surface area contributed by atoms with Crippen LogP contribution in [0, 0.1) is 11.8 Å². The molecule has 0 saturated carbocycles. The van der Waals surface area contributed by atoms with Crippen molar-refractivity contribution in [1.29, 1.82) is 0 Å². The Kier molecular flexibility index (Phi) is 5.19. The average molecular weight is 487 g/mol. The van der Waals surface area contributed by atoms with Crippen molar-refractivity contribution in [3.63, 3.8) is 0 Å². The van der Waals surface area contributed by atoms with Crippen molar-refractivity contribution in [3.8, 4) is 0 Å². The first-order chi connectivity index (χ1) is 15.8. The number of imide groups is 1. The highest BCUT2D eigenvalue weighted by Gasteiger charge is 2.70. The molecule has 5 rings (SSSR count). The van der Waals surface area contributed by atoms with E-state index in [2.05, 4.69) is 10.6 Å². The van der Waals surface area contributed by atoms with E-state index in [0.29, 0.717) is 26.9 Å². The van der Waals surface area contributed by atoms with Gasteiger partial charge in [0.1, 0.15) is 5.54 Å². The van der Waals surface area contributed by atoms with Gasteiger partial charge in [-0.15, -0.1) is 0 Å². The van der Waals surface area contributed by atoms with Crippen molar-refractivity contribution in [2.45, 2.75) is 31.0 Å². The molecule has 0 radical (unpaired) electrons. The summed E-state index contributed by atoms with van der Waals surface area (Å²) in [7, 11) is 0. The number of benzene rings is 2. The van der Waals surface area contributed by atoms with Gasteiger partial charge in [-0.1, -0.05) is 53.5 Å². The van der Waals surface area contributed by atoms with E-state index in [-0.39, 0.29) is 19.4 Å². The SMILES string of the molecule is NC(=O)CC[C@H]1N[C@@]2(C(=O)Nc3c(Cl)cccc32)[C@@H]2C(=O)N(Cc3ccccc3Cl)C(=O)[C@@H]21. The molecule has 1 spiro atoms. The van der Waals surface area contributed by atoms with Crippen LogP contribution in [0.5, 0.6) is 0 Å². The summed E-state index contributed by atoms with van der Waals surface area (Å²) in [5.41, 5.74) is 5.41. The van der Waals surface area contributed by atoms with E-state index in [1.807, 2.05) is 0 Å². The van der Waals surface area contributed by atoms with Crippen LogP contribution in [0.4, 0.5) is 5.69 Å². The summed E-state index contributed by atoms with van der Waals surface area (Å²) < 4.78 is 0. The molecule has 0 bridgehead atoms. The fourth-order valence-electron chi connectivity index (χ4n) is 5.35. The van der Waals surface area contributed by atoms with Gasteiger partial charge in [0.25, 0.3) is 0 Å². The molecule has 3 aliphatic rings. The lowest BCUT2D eigenvalue weighted by molar-refractivity contribution is -0.143. The van der Waals surface area contributed by atoms with E-state index >= 15 is 0 Å². The number of carbonyl (C=O) groups excluding carboxylic acids is 4. The molecule has 0 aliphatic carbocycles. The molecule has 2 fully saturated rings. The highest BCUT2D eigenvalue weighted by Crippen LogP contribution is 2.54. The number of halogens is 2. The van der Waals surface area contributed by atoms with Crippen LogP contribution in [-0.4, -0.2) is 34.6 Å². The average Bonchev–Trinajstić information content (AvgIpc) is 3.35. The third kappa shape index (κ3) is 3.16. The molecule has 3 aliphatic heterocycles. The Morgan fingerprint density at radius 2 is 1.76 bits per heavy atom. The molecular weight excluding hydrogens is 467 g/mol. The molecule has 2 aromatic rings. The zero-order chi connectivity index (χ0) is 23.5. The first kappa shape index (κ1) is 21.9. The summed E-state index contributed by atoms with van der Waals surface area (Å²) in [5, 5.41) is 6.79. The number of carbonyl (C=O) groups is 4. The summed E-state index contributed by atoms with van der Waals surface area (Å²) in [6.07, 6.45) is 0.216. The highest BCUT2D eigenvalue weighted by molar-refractivity contribution is 6.35. The van der Waals surface area contributed by atoms with Crippen LogP contribution in [0.2, 0.25) is 10.0 Å². The number of hydrogen-bond donors (Lipinski definition) is 3. The van der Waals surface area contributed by atoms with Gasteiger partial charge in [0.15, 0.2) is 0 Å². The summed E-state index contributed by atoms with van der Waals surface area (Å²) in [6.45, 7) is -0.00696. The summed E-state index contributed by atoms with van der Waals surface area (Å²) in [4.78, 5) is 53.3. The van der Waals surface area contributed by atoms with Crippen LogP contribution in [0.1, 0.15) is 24.0 Å². The van der Waals surface area contributed by atoms with Crippen LogP contribution < -0.4 is 16.4 Å². The number of nitrogens with zero attached hydrogens (tertiary/aromatic N) is 1. The van der Waals surface area contributed by atoms with Gasteiger partial charge < -0.3 is 11.1 Å². The molecule has 10 heteroatoms. The third-order valence-electron chi connectivity index (χ3n) is 6.78. The van der Waals surface area contributed by atoms with Gasteiger partial charge in [-0.25, -0.2) is 0 Å². The van der Waals surface area contributed by atoms with E-state index in [1.165, 1.54) is 0 Å². The summed E-state index contributed by atoms with van der Waals surface area (Å²) in [5.74, 6) is -3.70. The Labute approximate surface area is 199 Å². The lowest BCUT2D eigenvalue weighted by Crippen LogP contribution is -2.53. The lowest BCUT2D eigenvalue weighted by atomic mass is 9.76. The minimum absolute atomic E-state index is 0.00692. The van der Waals surface area contributed by atoms with Gasteiger partial charge in [0.05, 0.1) is 29.1 Å². The Morgan fingerprint density at radius 1 is 1.03 bits per heavy atom. The van der Waals surface area contributed by atoms with Gasteiger partial charge in [-0.2, -0.15) is 0 Å². The first-order valence-corrected chi connectivity index (χ1v) is 11.3. The third-order valence-corrected chi connectivity index (χ3v) is 7.46. The number of para-hydroxylation sites is 1. The molecule has 2 aromatic carbocycles. The number of amides is 4. The quantitative estimate of drug-likeness (QED) is 0.559. The number of likely N-dealkylation sites (tertiary alicyclic amines) is 1. The minimum Gasteiger partial charge on any atom is -0.370 e. The predicted molar refractivity (Wildman–Crippen MR) is 121 cm³/mol. The largest absolute Gasteiger partial charge is 0.370 e. The van der Waals surface area contributed by atoms with Crippen LogP contribution in [-0.2, 0) is 31.3 Å². The topological polar surface area (TPSA) is 122 Å². The Hall–Kier alpha value is -2.94. The maximum absolute atomic E-state index is 13.7. The molecule has 4 N–H and O–H groups in total. The van der Waals surface area contributed by atoms with Crippen molar-refractivity contribution in [3.05, 3.63) is 63.6 Å². The summed E-state index contributed by atoms with van der Waals surface area (Å²) >= 11 is 12.6. The van der Waals surface area contributed by atoms with E-state index in [1.54, 1.807) is 42.5 Å². The number of primary amides is 1. The van der Waals surface area contributed by atoms with Crippen molar-refractivity contribution in [1.82, 2.24) is 10.2 Å². The van der Waals surface area contributed by atoms with E-state index in [9.17, 15) is 19.2 Å². The molecule has 0 unspecified atom stereocenters. The number of nitrogens with one attached hydrogen (secondary N) is 2. The molecule has 33 heavy (non-hydrogen) atoms. The molecule has 0 aromatic heterocycles. The molecule has 170 valence electrons. The zero-order valence-corrected chi connectivity index (χ0v) is 18.8. The molecule has 4 atom stereocenters. The maximum Gasteiger partial charge on any atom is 0.250 e. The summed E-state index contributed by atoms with van der Waals surface area (Å²) in [6, 6.07) is 11.4. The standard InChI is InChI=1S/C23H20Cl2N4O4/c24-13-6-2-1-4-11(13)10-29-20(31)17-15(8-9-16(26)30)28-23(18(17)21(29)32)12-5-3-7-14(25)19(12)27-22(23)33/h1-7,15,17-18,28H,8-10H2,(H2,26,30)(H,27,33)/t15-,17-,18+,23-/m1/s1. The number of anilines is 1. The fraction of sp³-hybridized carbons (Fsp3) is 0.304. The maximum atomic E-state index is 13.7. The van der Waals surface area contributed by atoms with Crippen LogP contribution >= 0.6 is 23.2 Å². The van der Waals surface area contributed by atoms with Crippen molar-refractivity contribution < 1.29 is 19.2 Å². The van der Waals surface area contributed by atoms with Gasteiger partial charge in [0.2, 0.25) is 23.6 Å². The lowest BCUT2D eigenvalue weighted by Gasteiger charge is -2.29. The second-order valence-corrected chi connectivity index (χ2v) is 9.35.